The molecule has 0 radical (unpaired) electrons. The van der Waals surface area contributed by atoms with Crippen molar-refractivity contribution in [3.8, 4) is 5.75 Å². The van der Waals surface area contributed by atoms with Crippen molar-refractivity contribution in [1.29, 1.82) is 0 Å². The molecule has 0 bridgehead atoms. The molecular weight excluding hydrogens is 347 g/mol. The highest BCUT2D eigenvalue weighted by Crippen LogP contribution is 2.40. The molecule has 0 unspecified atom stereocenters. The van der Waals surface area contributed by atoms with Crippen LogP contribution in [0.25, 0.3) is 0 Å². The number of carbonyl (C=O) groups excluding carboxylic acids is 1. The second-order valence-electron chi connectivity index (χ2n) is 5.91. The van der Waals surface area contributed by atoms with Gasteiger partial charge in [-0.15, -0.1) is 0 Å². The highest BCUT2D eigenvalue weighted by molar-refractivity contribution is 6.08. The van der Waals surface area contributed by atoms with Gasteiger partial charge in [0.25, 0.3) is 5.91 Å². The average molecular weight is 363 g/mol. The van der Waals surface area contributed by atoms with Gasteiger partial charge in [0.2, 0.25) is 0 Å². The summed E-state index contributed by atoms with van der Waals surface area (Å²) in [4.78, 5) is 18.5. The minimum absolute atomic E-state index is 0.00452. The van der Waals surface area contributed by atoms with E-state index in [9.17, 15) is 18.0 Å². The topological polar surface area (TPSA) is 67.9 Å². The molecule has 5 nitrogen and oxygen atoms in total. The van der Waals surface area contributed by atoms with Crippen LogP contribution >= 0.6 is 0 Å². The van der Waals surface area contributed by atoms with E-state index in [-0.39, 0.29) is 11.7 Å². The van der Waals surface area contributed by atoms with Crippen molar-refractivity contribution < 1.29 is 22.7 Å². The summed E-state index contributed by atoms with van der Waals surface area (Å²) in [6, 6.07) is 9.78. The number of aryl methyl sites for hydroxylation is 1. The molecule has 1 aliphatic rings. The second-order valence-corrected chi connectivity index (χ2v) is 5.91. The Bertz CT molecular complexity index is 884. The number of guanidine groups is 1. The van der Waals surface area contributed by atoms with Gasteiger partial charge < -0.3 is 10.5 Å². The first kappa shape index (κ1) is 17.8. The van der Waals surface area contributed by atoms with Crippen LogP contribution in [0.2, 0.25) is 0 Å². The normalized spacial score (nSPS) is 19.8. The van der Waals surface area contributed by atoms with E-state index in [0.29, 0.717) is 16.7 Å². The van der Waals surface area contributed by atoms with Crippen molar-refractivity contribution >= 4 is 11.9 Å². The fraction of sp³-hybridized carbons (Fsp3) is 0.222. The molecule has 136 valence electrons. The van der Waals surface area contributed by atoms with Crippen molar-refractivity contribution in [2.24, 2.45) is 10.7 Å². The molecule has 0 spiro atoms. The van der Waals surface area contributed by atoms with Gasteiger partial charge in [-0.2, -0.15) is 8.78 Å². The van der Waals surface area contributed by atoms with Gasteiger partial charge in [-0.25, -0.2) is 9.38 Å². The molecule has 2 N–H and O–H groups in total. The number of nitrogens with zero attached hydrogens (tertiary/aromatic N) is 2. The van der Waals surface area contributed by atoms with Gasteiger partial charge in [-0.05, 0) is 47.9 Å². The van der Waals surface area contributed by atoms with E-state index in [4.69, 9.17) is 5.73 Å². The van der Waals surface area contributed by atoms with Crippen molar-refractivity contribution in [2.45, 2.75) is 19.1 Å². The fourth-order valence-electron chi connectivity index (χ4n) is 2.93. The third-order valence-electron chi connectivity index (χ3n) is 4.31. The molecule has 0 fully saturated rings. The molecular formula is C18H16F3N3O2. The Hall–Kier alpha value is -3.03. The molecule has 1 aliphatic heterocycles. The van der Waals surface area contributed by atoms with Gasteiger partial charge in [0.05, 0.1) is 0 Å². The van der Waals surface area contributed by atoms with E-state index in [1.165, 1.54) is 54.4 Å². The molecule has 0 aliphatic carbocycles. The Kier molecular flexibility index (Phi) is 4.35. The van der Waals surface area contributed by atoms with Gasteiger partial charge >= 0.3 is 6.61 Å². The summed E-state index contributed by atoms with van der Waals surface area (Å²) < 4.78 is 42.7. The standard InChI is InChI=1S/C18H16F3N3O2/c1-10-9-12(5-8-14(10)19)18(15(25)24(2)17(22)23-18)11-3-6-13(7-4-11)26-16(20)21/h3-9,16H,1-2H3,(H2,22,23)/t18-/m0/s1. The third-order valence-corrected chi connectivity index (χ3v) is 4.31. The monoisotopic (exact) mass is 363 g/mol. The largest absolute Gasteiger partial charge is 0.435 e. The van der Waals surface area contributed by atoms with E-state index in [1.807, 2.05) is 0 Å². The van der Waals surface area contributed by atoms with Gasteiger partial charge in [-0.3, -0.25) is 9.69 Å². The lowest BCUT2D eigenvalue weighted by Gasteiger charge is -2.26. The maximum atomic E-state index is 13.7. The minimum atomic E-state index is -2.96. The van der Waals surface area contributed by atoms with Crippen molar-refractivity contribution in [1.82, 2.24) is 4.90 Å². The number of carbonyl (C=O) groups is 1. The van der Waals surface area contributed by atoms with Crippen LogP contribution in [0.5, 0.6) is 5.75 Å². The van der Waals surface area contributed by atoms with E-state index < -0.39 is 23.9 Å². The number of hydrogen-bond donors (Lipinski definition) is 1. The molecule has 0 aromatic heterocycles. The summed E-state index contributed by atoms with van der Waals surface area (Å²) in [5, 5.41) is 0. The van der Waals surface area contributed by atoms with E-state index in [0.717, 1.165) is 0 Å². The summed E-state index contributed by atoms with van der Waals surface area (Å²) >= 11 is 0. The third kappa shape index (κ3) is 2.77. The van der Waals surface area contributed by atoms with Crippen LogP contribution in [0.4, 0.5) is 13.2 Å². The molecule has 2 aromatic rings. The number of amides is 1. The average Bonchev–Trinajstić information content (AvgIpc) is 2.82. The Labute approximate surface area is 147 Å². The Balaban J connectivity index is 2.16. The number of ether oxygens (including phenoxy) is 1. The molecule has 26 heavy (non-hydrogen) atoms. The van der Waals surface area contributed by atoms with Crippen LogP contribution in [0.1, 0.15) is 16.7 Å². The van der Waals surface area contributed by atoms with Crippen LogP contribution in [-0.4, -0.2) is 30.4 Å². The first-order valence-corrected chi connectivity index (χ1v) is 7.71. The van der Waals surface area contributed by atoms with Crippen LogP contribution in [0.15, 0.2) is 47.5 Å². The molecule has 0 saturated heterocycles. The smallest absolute Gasteiger partial charge is 0.387 e. The lowest BCUT2D eigenvalue weighted by molar-refractivity contribution is -0.129. The SMILES string of the molecule is Cc1cc([C@]2(c3ccc(OC(F)F)cc3)N=C(N)N(C)C2=O)ccc1F. The van der Waals surface area contributed by atoms with Gasteiger partial charge in [0, 0.05) is 7.05 Å². The number of likely N-dealkylation sites (N-methyl/N-ethyl adjacent to an activating group) is 1. The van der Waals surface area contributed by atoms with Crippen LogP contribution < -0.4 is 10.5 Å². The highest BCUT2D eigenvalue weighted by atomic mass is 19.3. The maximum absolute atomic E-state index is 13.7. The van der Waals surface area contributed by atoms with Gasteiger partial charge in [0.1, 0.15) is 11.6 Å². The van der Waals surface area contributed by atoms with Gasteiger partial charge in [0.15, 0.2) is 11.5 Å². The number of aliphatic imine (C=N–C) groups is 1. The number of nitrogens with two attached hydrogens (primary N) is 1. The van der Waals surface area contributed by atoms with Gasteiger partial charge in [-0.1, -0.05) is 18.2 Å². The van der Waals surface area contributed by atoms with Crippen molar-refractivity contribution in [2.75, 3.05) is 7.05 Å². The van der Waals surface area contributed by atoms with Crippen molar-refractivity contribution in [3.05, 3.63) is 65.0 Å². The molecule has 2 aromatic carbocycles. The predicted molar refractivity (Wildman–Crippen MR) is 89.4 cm³/mol. The zero-order valence-corrected chi connectivity index (χ0v) is 14.0. The molecule has 1 amide bonds. The predicted octanol–water partition coefficient (Wildman–Crippen LogP) is 2.77. The summed E-state index contributed by atoms with van der Waals surface area (Å²) in [5.41, 5.74) is 5.50. The first-order valence-electron chi connectivity index (χ1n) is 7.71. The maximum Gasteiger partial charge on any atom is 0.387 e. The number of benzene rings is 2. The fourth-order valence-corrected chi connectivity index (χ4v) is 2.93. The molecule has 1 heterocycles. The quantitative estimate of drug-likeness (QED) is 0.908. The lowest BCUT2D eigenvalue weighted by atomic mass is 9.82. The molecule has 8 heteroatoms. The highest BCUT2D eigenvalue weighted by Gasteiger charge is 2.49. The molecule has 1 atom stereocenters. The first-order chi connectivity index (χ1) is 12.3. The number of halogens is 3. The lowest BCUT2D eigenvalue weighted by Crippen LogP contribution is -2.41. The minimum Gasteiger partial charge on any atom is -0.435 e. The van der Waals surface area contributed by atoms with Crippen LogP contribution in [0.3, 0.4) is 0 Å². The number of rotatable bonds is 4. The summed E-state index contributed by atoms with van der Waals surface area (Å²) in [6.45, 7) is -1.38. The van der Waals surface area contributed by atoms with Crippen molar-refractivity contribution in [3.63, 3.8) is 0 Å². The molecule has 0 saturated carbocycles. The Morgan fingerprint density at radius 2 is 1.77 bits per heavy atom. The summed E-state index contributed by atoms with van der Waals surface area (Å²) in [5.74, 6) is -0.890. The van der Waals surface area contributed by atoms with E-state index in [2.05, 4.69) is 9.73 Å². The summed E-state index contributed by atoms with van der Waals surface area (Å²) in [7, 11) is 1.48. The van der Waals surface area contributed by atoms with Crippen LogP contribution in [-0.2, 0) is 10.3 Å². The number of alkyl halides is 2. The zero-order chi connectivity index (χ0) is 19.1. The Morgan fingerprint density at radius 1 is 1.15 bits per heavy atom. The number of hydrogen-bond acceptors (Lipinski definition) is 4. The summed E-state index contributed by atoms with van der Waals surface area (Å²) in [6.07, 6.45) is 0. The Morgan fingerprint density at radius 3 is 2.27 bits per heavy atom. The zero-order valence-electron chi connectivity index (χ0n) is 14.0. The van der Waals surface area contributed by atoms with Crippen LogP contribution in [0, 0.1) is 12.7 Å². The van der Waals surface area contributed by atoms with E-state index in [1.54, 1.807) is 6.92 Å². The van der Waals surface area contributed by atoms with E-state index >= 15 is 0 Å². The second kappa shape index (κ2) is 6.36. The molecule has 3 rings (SSSR count).